The average Bonchev–Trinajstić information content (AvgIpc) is 2.57. The van der Waals surface area contributed by atoms with Gasteiger partial charge < -0.3 is 5.32 Å². The van der Waals surface area contributed by atoms with Gasteiger partial charge in [0.15, 0.2) is 11.5 Å². The predicted octanol–water partition coefficient (Wildman–Crippen LogP) is 2.24. The van der Waals surface area contributed by atoms with Gasteiger partial charge >= 0.3 is 0 Å². The zero-order valence-electron chi connectivity index (χ0n) is 10.2. The van der Waals surface area contributed by atoms with Gasteiger partial charge in [-0.1, -0.05) is 12.8 Å². The largest absolute Gasteiger partial charge is 0.307 e. The number of rotatable bonds is 1. The SMILES string of the molecule is Cc1ccn2c(C3CCCCCN3)nnc2c1. The molecule has 2 aromatic rings. The summed E-state index contributed by atoms with van der Waals surface area (Å²) in [6.07, 6.45) is 7.10. The number of fused-ring (bicyclic) bond motifs is 1. The minimum atomic E-state index is 0.357. The molecule has 4 heteroatoms. The summed E-state index contributed by atoms with van der Waals surface area (Å²) in [5.74, 6) is 1.06. The zero-order chi connectivity index (χ0) is 11.7. The van der Waals surface area contributed by atoms with E-state index in [0.717, 1.165) is 24.4 Å². The second kappa shape index (κ2) is 4.45. The quantitative estimate of drug-likeness (QED) is 0.817. The first-order chi connectivity index (χ1) is 8.34. The number of hydrogen-bond donors (Lipinski definition) is 1. The summed E-state index contributed by atoms with van der Waals surface area (Å²) in [4.78, 5) is 0. The molecule has 0 saturated carbocycles. The second-order valence-corrected chi connectivity index (χ2v) is 4.85. The van der Waals surface area contributed by atoms with E-state index in [2.05, 4.69) is 45.2 Å². The Kier molecular flexibility index (Phi) is 2.81. The van der Waals surface area contributed by atoms with E-state index in [1.54, 1.807) is 0 Å². The van der Waals surface area contributed by atoms with Crippen molar-refractivity contribution in [1.29, 1.82) is 0 Å². The van der Waals surface area contributed by atoms with Gasteiger partial charge in [-0.05, 0) is 44.0 Å². The summed E-state index contributed by atoms with van der Waals surface area (Å²) >= 11 is 0. The second-order valence-electron chi connectivity index (χ2n) is 4.85. The van der Waals surface area contributed by atoms with Crippen molar-refractivity contribution in [3.63, 3.8) is 0 Å². The summed E-state index contributed by atoms with van der Waals surface area (Å²) in [6, 6.07) is 4.54. The first kappa shape index (κ1) is 10.7. The Hall–Kier alpha value is -1.42. The van der Waals surface area contributed by atoms with Gasteiger partial charge in [0.05, 0.1) is 6.04 Å². The van der Waals surface area contributed by atoms with Gasteiger partial charge in [0.2, 0.25) is 0 Å². The first-order valence-electron chi connectivity index (χ1n) is 6.39. The number of pyridine rings is 1. The lowest BCUT2D eigenvalue weighted by molar-refractivity contribution is 0.503. The molecular weight excluding hydrogens is 212 g/mol. The fourth-order valence-corrected chi connectivity index (χ4v) is 2.50. The van der Waals surface area contributed by atoms with Gasteiger partial charge in [0.1, 0.15) is 0 Å². The molecule has 0 aromatic carbocycles. The van der Waals surface area contributed by atoms with Crippen LogP contribution in [0.2, 0.25) is 0 Å². The summed E-state index contributed by atoms with van der Waals surface area (Å²) in [5.41, 5.74) is 2.18. The van der Waals surface area contributed by atoms with Crippen LogP contribution in [0.3, 0.4) is 0 Å². The minimum Gasteiger partial charge on any atom is -0.307 e. The standard InChI is InChI=1S/C13H18N4/c1-10-6-8-17-12(9-10)15-16-13(17)11-5-3-2-4-7-14-11/h6,8-9,11,14H,2-5,7H2,1H3. The van der Waals surface area contributed by atoms with Gasteiger partial charge in [0, 0.05) is 6.20 Å². The molecule has 0 radical (unpaired) electrons. The Morgan fingerprint density at radius 1 is 1.29 bits per heavy atom. The van der Waals surface area contributed by atoms with Crippen LogP contribution < -0.4 is 5.32 Å². The number of hydrogen-bond acceptors (Lipinski definition) is 3. The average molecular weight is 230 g/mol. The van der Waals surface area contributed by atoms with Crippen LogP contribution in [0.5, 0.6) is 0 Å². The molecule has 0 bridgehead atoms. The molecule has 4 nitrogen and oxygen atoms in total. The lowest BCUT2D eigenvalue weighted by atomic mass is 10.1. The smallest absolute Gasteiger partial charge is 0.161 e. The van der Waals surface area contributed by atoms with Crippen LogP contribution in [0.1, 0.15) is 43.1 Å². The molecule has 1 atom stereocenters. The molecule has 1 fully saturated rings. The van der Waals surface area contributed by atoms with Crippen molar-refractivity contribution in [2.45, 2.75) is 38.6 Å². The van der Waals surface area contributed by atoms with Crippen molar-refractivity contribution in [2.24, 2.45) is 0 Å². The highest BCUT2D eigenvalue weighted by atomic mass is 15.3. The zero-order valence-corrected chi connectivity index (χ0v) is 10.2. The maximum Gasteiger partial charge on any atom is 0.161 e. The highest BCUT2D eigenvalue weighted by Gasteiger charge is 2.18. The lowest BCUT2D eigenvalue weighted by Crippen LogP contribution is -2.22. The third-order valence-corrected chi connectivity index (χ3v) is 3.46. The number of aryl methyl sites for hydroxylation is 1. The van der Waals surface area contributed by atoms with Gasteiger partial charge in [-0.15, -0.1) is 10.2 Å². The molecule has 3 rings (SSSR count). The molecule has 1 aliphatic rings. The van der Waals surface area contributed by atoms with Gasteiger partial charge in [-0.3, -0.25) is 4.40 Å². The van der Waals surface area contributed by atoms with Crippen molar-refractivity contribution in [1.82, 2.24) is 19.9 Å². The molecule has 1 N–H and O–H groups in total. The predicted molar refractivity (Wildman–Crippen MR) is 66.9 cm³/mol. The fraction of sp³-hybridized carbons (Fsp3) is 0.538. The number of nitrogens with zero attached hydrogens (tertiary/aromatic N) is 3. The van der Waals surface area contributed by atoms with E-state index in [-0.39, 0.29) is 0 Å². The summed E-state index contributed by atoms with van der Waals surface area (Å²) in [5, 5.41) is 12.2. The van der Waals surface area contributed by atoms with Crippen molar-refractivity contribution < 1.29 is 0 Å². The first-order valence-corrected chi connectivity index (χ1v) is 6.39. The third-order valence-electron chi connectivity index (χ3n) is 3.46. The highest BCUT2D eigenvalue weighted by molar-refractivity contribution is 5.41. The van der Waals surface area contributed by atoms with Crippen LogP contribution in [0.15, 0.2) is 18.3 Å². The molecule has 1 unspecified atom stereocenters. The minimum absolute atomic E-state index is 0.357. The van der Waals surface area contributed by atoms with E-state index < -0.39 is 0 Å². The van der Waals surface area contributed by atoms with E-state index in [1.165, 1.54) is 24.8 Å². The summed E-state index contributed by atoms with van der Waals surface area (Å²) in [6.45, 7) is 3.17. The molecular formula is C13H18N4. The van der Waals surface area contributed by atoms with Crippen LogP contribution in [0.4, 0.5) is 0 Å². The Balaban J connectivity index is 1.98. The van der Waals surface area contributed by atoms with Gasteiger partial charge in [-0.2, -0.15) is 0 Å². The fourth-order valence-electron chi connectivity index (χ4n) is 2.50. The third kappa shape index (κ3) is 2.05. The molecule has 17 heavy (non-hydrogen) atoms. The van der Waals surface area contributed by atoms with Crippen molar-refractivity contribution in [2.75, 3.05) is 6.54 Å². The van der Waals surface area contributed by atoms with E-state index in [0.29, 0.717) is 6.04 Å². The van der Waals surface area contributed by atoms with Crippen LogP contribution in [0.25, 0.3) is 5.65 Å². The molecule has 1 aliphatic heterocycles. The van der Waals surface area contributed by atoms with Crippen LogP contribution in [-0.4, -0.2) is 21.1 Å². The molecule has 2 aromatic heterocycles. The lowest BCUT2D eigenvalue weighted by Gasteiger charge is -2.13. The van der Waals surface area contributed by atoms with E-state index >= 15 is 0 Å². The Labute approximate surface area is 101 Å². The normalized spacial score (nSPS) is 21.6. The van der Waals surface area contributed by atoms with E-state index in [9.17, 15) is 0 Å². The topological polar surface area (TPSA) is 42.2 Å². The van der Waals surface area contributed by atoms with Crippen molar-refractivity contribution in [3.8, 4) is 0 Å². The van der Waals surface area contributed by atoms with Crippen molar-refractivity contribution in [3.05, 3.63) is 29.7 Å². The molecule has 3 heterocycles. The molecule has 0 spiro atoms. The molecule has 1 saturated heterocycles. The molecule has 90 valence electrons. The van der Waals surface area contributed by atoms with Gasteiger partial charge in [-0.25, -0.2) is 0 Å². The van der Waals surface area contributed by atoms with Crippen LogP contribution in [0, 0.1) is 6.92 Å². The summed E-state index contributed by atoms with van der Waals surface area (Å²) < 4.78 is 2.11. The van der Waals surface area contributed by atoms with Crippen molar-refractivity contribution >= 4 is 5.65 Å². The van der Waals surface area contributed by atoms with Crippen LogP contribution >= 0.6 is 0 Å². The maximum atomic E-state index is 4.35. The number of nitrogens with one attached hydrogen (secondary N) is 1. The number of aromatic nitrogens is 3. The Morgan fingerprint density at radius 3 is 3.18 bits per heavy atom. The Bertz CT molecular complexity index is 509. The highest BCUT2D eigenvalue weighted by Crippen LogP contribution is 2.21. The maximum absolute atomic E-state index is 4.35. The molecule has 0 amide bonds. The van der Waals surface area contributed by atoms with E-state index in [1.807, 2.05) is 0 Å². The van der Waals surface area contributed by atoms with Crippen LogP contribution in [-0.2, 0) is 0 Å². The summed E-state index contributed by atoms with van der Waals surface area (Å²) in [7, 11) is 0. The Morgan fingerprint density at radius 2 is 2.24 bits per heavy atom. The molecule has 0 aliphatic carbocycles. The van der Waals surface area contributed by atoms with E-state index in [4.69, 9.17) is 0 Å². The monoisotopic (exact) mass is 230 g/mol. The van der Waals surface area contributed by atoms with Gasteiger partial charge in [0.25, 0.3) is 0 Å².